The molecule has 1 aromatic rings. The molecule has 1 unspecified atom stereocenters. The summed E-state index contributed by atoms with van der Waals surface area (Å²) in [5.74, 6) is 0.212. The topological polar surface area (TPSA) is 32.3 Å². The van der Waals surface area contributed by atoms with Crippen LogP contribution < -0.4 is 5.32 Å². The van der Waals surface area contributed by atoms with Gasteiger partial charge in [0.1, 0.15) is 0 Å². The van der Waals surface area contributed by atoms with Crippen LogP contribution in [0.5, 0.6) is 0 Å². The van der Waals surface area contributed by atoms with Crippen LogP contribution in [-0.4, -0.2) is 30.4 Å². The Morgan fingerprint density at radius 1 is 1.42 bits per heavy atom. The maximum atomic E-state index is 12.0. The summed E-state index contributed by atoms with van der Waals surface area (Å²) in [4.78, 5) is 13.8. The lowest BCUT2D eigenvalue weighted by atomic mass is 10.1. The zero-order valence-electron chi connectivity index (χ0n) is 11.4. The number of carbonyl (C=O) groups excluding carboxylic acids is 1. The molecule has 0 bridgehead atoms. The molecule has 0 spiro atoms. The van der Waals surface area contributed by atoms with E-state index in [-0.39, 0.29) is 5.91 Å². The van der Waals surface area contributed by atoms with Crippen molar-refractivity contribution in [2.75, 3.05) is 13.6 Å². The number of amides is 1. The summed E-state index contributed by atoms with van der Waals surface area (Å²) < 4.78 is 0. The first-order valence-corrected chi connectivity index (χ1v) is 7.25. The number of carbonyl (C=O) groups is 1. The summed E-state index contributed by atoms with van der Waals surface area (Å²) in [5, 5.41) is 4.15. The van der Waals surface area contributed by atoms with E-state index in [9.17, 15) is 4.79 Å². The predicted octanol–water partition coefficient (Wildman–Crippen LogP) is 2.83. The van der Waals surface area contributed by atoms with Crippen molar-refractivity contribution in [3.63, 3.8) is 0 Å². The Kier molecular flexibility index (Phi) is 5.23. The highest BCUT2D eigenvalue weighted by Crippen LogP contribution is 2.14. The van der Waals surface area contributed by atoms with Gasteiger partial charge in [0.15, 0.2) is 0 Å². The second-order valence-corrected chi connectivity index (χ2v) is 5.64. The molecule has 1 aliphatic heterocycles. The zero-order chi connectivity index (χ0) is 13.7. The number of nitrogens with one attached hydrogen (secondary N) is 1. The van der Waals surface area contributed by atoms with Crippen molar-refractivity contribution >= 4 is 17.5 Å². The lowest BCUT2D eigenvalue weighted by Gasteiger charge is -2.18. The molecular formula is C15H21ClN2O. The number of hydrogen-bond acceptors (Lipinski definition) is 2. The summed E-state index contributed by atoms with van der Waals surface area (Å²) >= 11 is 5.85. The van der Waals surface area contributed by atoms with Crippen molar-refractivity contribution in [1.29, 1.82) is 0 Å². The van der Waals surface area contributed by atoms with Crippen LogP contribution in [0.1, 0.15) is 31.2 Å². The Balaban J connectivity index is 1.76. The molecule has 0 radical (unpaired) electrons. The SMILES string of the molecule is CN(Cc1ccc(Cl)cc1)C(=O)CCC1CCCN1. The Labute approximate surface area is 119 Å². The van der Waals surface area contributed by atoms with Crippen molar-refractivity contribution in [2.45, 2.75) is 38.3 Å². The third kappa shape index (κ3) is 4.51. The lowest BCUT2D eigenvalue weighted by molar-refractivity contribution is -0.130. The molecule has 0 aromatic heterocycles. The van der Waals surface area contributed by atoms with E-state index in [0.29, 0.717) is 19.0 Å². The van der Waals surface area contributed by atoms with E-state index in [2.05, 4.69) is 5.32 Å². The minimum Gasteiger partial charge on any atom is -0.341 e. The number of hydrogen-bond donors (Lipinski definition) is 1. The van der Waals surface area contributed by atoms with E-state index < -0.39 is 0 Å². The fourth-order valence-electron chi connectivity index (χ4n) is 2.44. The maximum absolute atomic E-state index is 12.0. The molecule has 104 valence electrons. The Morgan fingerprint density at radius 3 is 2.79 bits per heavy atom. The van der Waals surface area contributed by atoms with Gasteiger partial charge in [-0.15, -0.1) is 0 Å². The van der Waals surface area contributed by atoms with Crippen LogP contribution in [0.3, 0.4) is 0 Å². The second kappa shape index (κ2) is 6.92. The smallest absolute Gasteiger partial charge is 0.222 e. The van der Waals surface area contributed by atoms with Gasteiger partial charge in [-0.25, -0.2) is 0 Å². The van der Waals surface area contributed by atoms with Gasteiger partial charge in [0.2, 0.25) is 5.91 Å². The van der Waals surface area contributed by atoms with E-state index in [1.54, 1.807) is 4.90 Å². The third-order valence-corrected chi connectivity index (χ3v) is 3.88. The lowest BCUT2D eigenvalue weighted by Crippen LogP contribution is -2.29. The zero-order valence-corrected chi connectivity index (χ0v) is 12.1. The van der Waals surface area contributed by atoms with Gasteiger partial charge in [-0.3, -0.25) is 4.79 Å². The van der Waals surface area contributed by atoms with Crippen molar-refractivity contribution < 1.29 is 4.79 Å². The van der Waals surface area contributed by atoms with Crippen LogP contribution in [0.25, 0.3) is 0 Å². The molecule has 19 heavy (non-hydrogen) atoms. The van der Waals surface area contributed by atoms with Gasteiger partial charge in [-0.05, 0) is 43.5 Å². The van der Waals surface area contributed by atoms with Gasteiger partial charge in [0, 0.05) is 31.1 Å². The molecule has 4 heteroatoms. The number of rotatable bonds is 5. The van der Waals surface area contributed by atoms with Crippen LogP contribution in [0.2, 0.25) is 5.02 Å². The van der Waals surface area contributed by atoms with Crippen LogP contribution >= 0.6 is 11.6 Å². The highest BCUT2D eigenvalue weighted by molar-refractivity contribution is 6.30. The molecule has 1 atom stereocenters. The summed E-state index contributed by atoms with van der Waals surface area (Å²) in [6.07, 6.45) is 4.01. The van der Waals surface area contributed by atoms with Crippen LogP contribution in [-0.2, 0) is 11.3 Å². The summed E-state index contributed by atoms with van der Waals surface area (Å²) in [7, 11) is 1.86. The maximum Gasteiger partial charge on any atom is 0.222 e. The number of nitrogens with zero attached hydrogens (tertiary/aromatic N) is 1. The van der Waals surface area contributed by atoms with Crippen molar-refractivity contribution in [1.82, 2.24) is 10.2 Å². The monoisotopic (exact) mass is 280 g/mol. The molecule has 1 amide bonds. The van der Waals surface area contributed by atoms with E-state index >= 15 is 0 Å². The van der Waals surface area contributed by atoms with Gasteiger partial charge in [0.25, 0.3) is 0 Å². The van der Waals surface area contributed by atoms with Gasteiger partial charge >= 0.3 is 0 Å². The predicted molar refractivity (Wildman–Crippen MR) is 78.2 cm³/mol. The Hall–Kier alpha value is -1.06. The van der Waals surface area contributed by atoms with Gasteiger partial charge in [-0.1, -0.05) is 23.7 Å². The van der Waals surface area contributed by atoms with E-state index in [4.69, 9.17) is 11.6 Å². The average molecular weight is 281 g/mol. The molecule has 1 aliphatic rings. The molecular weight excluding hydrogens is 260 g/mol. The van der Waals surface area contributed by atoms with Gasteiger partial charge in [0.05, 0.1) is 0 Å². The molecule has 0 aliphatic carbocycles. The summed E-state index contributed by atoms with van der Waals surface area (Å²) in [5.41, 5.74) is 1.11. The number of benzene rings is 1. The molecule has 2 rings (SSSR count). The Bertz CT molecular complexity index is 413. The van der Waals surface area contributed by atoms with Crippen LogP contribution in [0.15, 0.2) is 24.3 Å². The van der Waals surface area contributed by atoms with Crippen LogP contribution in [0, 0.1) is 0 Å². The normalized spacial score (nSPS) is 18.5. The first-order valence-electron chi connectivity index (χ1n) is 6.87. The molecule has 1 aromatic carbocycles. The second-order valence-electron chi connectivity index (χ2n) is 5.21. The fraction of sp³-hybridized carbons (Fsp3) is 0.533. The van der Waals surface area contributed by atoms with E-state index in [0.717, 1.165) is 23.6 Å². The van der Waals surface area contributed by atoms with Gasteiger partial charge in [-0.2, -0.15) is 0 Å². The van der Waals surface area contributed by atoms with E-state index in [1.807, 2.05) is 31.3 Å². The largest absolute Gasteiger partial charge is 0.341 e. The highest BCUT2D eigenvalue weighted by Gasteiger charge is 2.16. The van der Waals surface area contributed by atoms with Crippen molar-refractivity contribution in [3.8, 4) is 0 Å². The highest BCUT2D eigenvalue weighted by atomic mass is 35.5. The van der Waals surface area contributed by atoms with Crippen molar-refractivity contribution in [2.24, 2.45) is 0 Å². The molecule has 3 nitrogen and oxygen atoms in total. The molecule has 1 fully saturated rings. The third-order valence-electron chi connectivity index (χ3n) is 3.63. The standard InChI is InChI=1S/C15H21ClN2O/c1-18(11-12-4-6-13(16)7-5-12)15(19)9-8-14-3-2-10-17-14/h4-7,14,17H,2-3,8-11H2,1H3. The fourth-order valence-corrected chi connectivity index (χ4v) is 2.57. The Morgan fingerprint density at radius 2 is 2.16 bits per heavy atom. The van der Waals surface area contributed by atoms with Gasteiger partial charge < -0.3 is 10.2 Å². The van der Waals surface area contributed by atoms with Crippen LogP contribution in [0.4, 0.5) is 0 Å². The minimum absolute atomic E-state index is 0.212. The molecule has 1 saturated heterocycles. The first-order chi connectivity index (χ1) is 9.15. The van der Waals surface area contributed by atoms with E-state index in [1.165, 1.54) is 12.8 Å². The van der Waals surface area contributed by atoms with Crippen molar-refractivity contribution in [3.05, 3.63) is 34.9 Å². The molecule has 0 saturated carbocycles. The summed E-state index contributed by atoms with van der Waals surface area (Å²) in [6, 6.07) is 8.18. The number of halogens is 1. The summed E-state index contributed by atoms with van der Waals surface area (Å²) in [6.45, 7) is 1.74. The minimum atomic E-state index is 0.212. The quantitative estimate of drug-likeness (QED) is 0.899. The first kappa shape index (κ1) is 14.4. The molecule has 1 N–H and O–H groups in total. The average Bonchev–Trinajstić information content (AvgIpc) is 2.91. The molecule has 1 heterocycles.